The molecule has 2 amide bonds. The van der Waals surface area contributed by atoms with Crippen molar-refractivity contribution in [2.75, 3.05) is 26.7 Å². The first-order chi connectivity index (χ1) is 20.0. The Morgan fingerprint density at radius 1 is 1.05 bits per heavy atom. The SMILES string of the molecule is CCc1cc(C2CCC2)c(-c2nc3c([nH]2)CN(C(=O)OC)CC3)cc1C(=O)N1CCC(c2ccc(C#N)cc2)CC1. The highest BCUT2D eigenvalue weighted by Gasteiger charge is 2.31. The van der Waals surface area contributed by atoms with E-state index in [4.69, 9.17) is 15.0 Å². The van der Waals surface area contributed by atoms with Gasteiger partial charge in [-0.3, -0.25) is 4.79 Å². The number of likely N-dealkylation sites (tertiary alicyclic amines) is 1. The monoisotopic (exact) mass is 551 g/mol. The number of piperidine rings is 1. The number of imidazole rings is 1. The molecule has 3 heterocycles. The summed E-state index contributed by atoms with van der Waals surface area (Å²) in [5, 5.41) is 9.11. The van der Waals surface area contributed by atoms with E-state index in [1.54, 1.807) is 4.90 Å². The van der Waals surface area contributed by atoms with Crippen LogP contribution in [0.1, 0.15) is 94.9 Å². The number of aromatic nitrogens is 2. The molecule has 0 bridgehead atoms. The Hall–Kier alpha value is -4.12. The number of rotatable bonds is 5. The van der Waals surface area contributed by atoms with Crippen molar-refractivity contribution in [3.8, 4) is 17.5 Å². The van der Waals surface area contributed by atoms with Gasteiger partial charge in [-0.05, 0) is 78.8 Å². The summed E-state index contributed by atoms with van der Waals surface area (Å²) in [6.45, 7) is 4.58. The number of hydrogen-bond donors (Lipinski definition) is 1. The second-order valence-corrected chi connectivity index (χ2v) is 11.5. The molecule has 2 fully saturated rings. The van der Waals surface area contributed by atoms with E-state index < -0.39 is 0 Å². The van der Waals surface area contributed by atoms with Gasteiger partial charge >= 0.3 is 6.09 Å². The number of carbonyl (C=O) groups is 2. The van der Waals surface area contributed by atoms with Gasteiger partial charge < -0.3 is 19.5 Å². The number of amides is 2. The van der Waals surface area contributed by atoms with Crippen LogP contribution in [0.3, 0.4) is 0 Å². The van der Waals surface area contributed by atoms with Crippen molar-refractivity contribution in [3.05, 3.63) is 75.6 Å². The van der Waals surface area contributed by atoms with Crippen molar-refractivity contribution in [2.24, 2.45) is 0 Å². The minimum atomic E-state index is -0.329. The van der Waals surface area contributed by atoms with E-state index in [9.17, 15) is 9.59 Å². The molecule has 3 aromatic rings. The van der Waals surface area contributed by atoms with Crippen LogP contribution < -0.4 is 0 Å². The molecule has 41 heavy (non-hydrogen) atoms. The molecule has 2 aromatic carbocycles. The third-order valence-corrected chi connectivity index (χ3v) is 9.24. The summed E-state index contributed by atoms with van der Waals surface area (Å²) in [7, 11) is 1.41. The molecular formula is C33H37N5O3. The second-order valence-electron chi connectivity index (χ2n) is 11.5. The number of methoxy groups -OCH3 is 1. The number of H-pyrrole nitrogens is 1. The van der Waals surface area contributed by atoms with Crippen molar-refractivity contribution in [2.45, 2.75) is 70.3 Å². The molecule has 1 saturated carbocycles. The van der Waals surface area contributed by atoms with Crippen LogP contribution in [-0.2, 0) is 24.1 Å². The first-order valence-electron chi connectivity index (χ1n) is 14.9. The lowest BCUT2D eigenvalue weighted by atomic mass is 9.76. The molecule has 0 unspecified atom stereocenters. The molecule has 1 aliphatic carbocycles. The van der Waals surface area contributed by atoms with Crippen LogP contribution in [0.5, 0.6) is 0 Å². The van der Waals surface area contributed by atoms with E-state index in [2.05, 4.69) is 42.2 Å². The van der Waals surface area contributed by atoms with E-state index in [0.29, 0.717) is 50.0 Å². The van der Waals surface area contributed by atoms with E-state index in [-0.39, 0.29) is 12.0 Å². The highest BCUT2D eigenvalue weighted by atomic mass is 16.5. The Kier molecular flexibility index (Phi) is 7.53. The molecule has 212 valence electrons. The first-order valence-corrected chi connectivity index (χ1v) is 14.9. The summed E-state index contributed by atoms with van der Waals surface area (Å²) in [6, 6.07) is 14.4. The molecule has 8 nitrogen and oxygen atoms in total. The molecular weight excluding hydrogens is 514 g/mol. The summed E-state index contributed by atoms with van der Waals surface area (Å²) in [4.78, 5) is 38.3. The number of aromatic amines is 1. The minimum absolute atomic E-state index is 0.0923. The maximum atomic E-state index is 14.0. The third kappa shape index (κ3) is 5.21. The summed E-state index contributed by atoms with van der Waals surface area (Å²) >= 11 is 0. The number of ether oxygens (including phenoxy) is 1. The van der Waals surface area contributed by atoms with E-state index in [0.717, 1.165) is 66.0 Å². The minimum Gasteiger partial charge on any atom is -0.453 e. The number of nitrogens with one attached hydrogen (secondary N) is 1. The van der Waals surface area contributed by atoms with Gasteiger partial charge in [-0.25, -0.2) is 9.78 Å². The number of benzene rings is 2. The fraction of sp³-hybridized carbons (Fsp3) is 0.455. The molecule has 1 saturated heterocycles. The molecule has 0 spiro atoms. The lowest BCUT2D eigenvalue weighted by molar-refractivity contribution is 0.0712. The largest absolute Gasteiger partial charge is 0.453 e. The lowest BCUT2D eigenvalue weighted by Crippen LogP contribution is -2.38. The van der Waals surface area contributed by atoms with Gasteiger partial charge in [0.1, 0.15) is 5.82 Å². The zero-order chi connectivity index (χ0) is 28.5. The molecule has 2 aliphatic heterocycles. The third-order valence-electron chi connectivity index (χ3n) is 9.24. The summed E-state index contributed by atoms with van der Waals surface area (Å²) < 4.78 is 4.93. The van der Waals surface area contributed by atoms with Crippen LogP contribution in [0, 0.1) is 11.3 Å². The Bertz CT molecular complexity index is 1490. The smallest absolute Gasteiger partial charge is 0.409 e. The van der Waals surface area contributed by atoms with Crippen LogP contribution >= 0.6 is 0 Å². The van der Waals surface area contributed by atoms with E-state index in [1.165, 1.54) is 24.7 Å². The van der Waals surface area contributed by atoms with Gasteiger partial charge in [0.15, 0.2) is 0 Å². The fourth-order valence-corrected chi connectivity index (χ4v) is 6.54. The highest BCUT2D eigenvalue weighted by molar-refractivity contribution is 5.97. The van der Waals surface area contributed by atoms with Gasteiger partial charge in [-0.2, -0.15) is 5.26 Å². The van der Waals surface area contributed by atoms with Crippen molar-refractivity contribution >= 4 is 12.0 Å². The van der Waals surface area contributed by atoms with Crippen LogP contribution in [0.25, 0.3) is 11.4 Å². The first kappa shape index (κ1) is 27.1. The van der Waals surface area contributed by atoms with Crippen molar-refractivity contribution in [1.29, 1.82) is 5.26 Å². The highest BCUT2D eigenvalue weighted by Crippen LogP contribution is 2.42. The Morgan fingerprint density at radius 2 is 1.80 bits per heavy atom. The standard InChI is InChI=1S/C33H37N5O3/c1-3-22-17-26(25-5-4-6-25)28(31-35-29-13-16-38(33(40)41-2)20-30(29)36-31)18-27(22)32(39)37-14-11-24(12-15-37)23-9-7-21(19-34)8-10-23/h7-10,17-18,24-25H,3-6,11-16,20H2,1-2H3,(H,35,36). The molecule has 0 atom stereocenters. The predicted molar refractivity (Wildman–Crippen MR) is 156 cm³/mol. The number of carbonyl (C=O) groups excluding carboxylic acids is 2. The van der Waals surface area contributed by atoms with Crippen molar-refractivity contribution < 1.29 is 14.3 Å². The second kappa shape index (κ2) is 11.4. The van der Waals surface area contributed by atoms with Crippen LogP contribution in [-0.4, -0.2) is 58.5 Å². The van der Waals surface area contributed by atoms with Gasteiger partial charge in [0.05, 0.1) is 36.7 Å². The molecule has 3 aliphatic rings. The number of hydrogen-bond acceptors (Lipinski definition) is 5. The summed E-state index contributed by atoms with van der Waals surface area (Å²) in [6.07, 6.45) is 6.50. The van der Waals surface area contributed by atoms with Crippen molar-refractivity contribution in [1.82, 2.24) is 19.8 Å². The Labute approximate surface area is 241 Å². The fourth-order valence-electron chi connectivity index (χ4n) is 6.54. The zero-order valence-electron chi connectivity index (χ0n) is 23.9. The predicted octanol–water partition coefficient (Wildman–Crippen LogP) is 5.92. The maximum absolute atomic E-state index is 14.0. The van der Waals surface area contributed by atoms with E-state index in [1.807, 2.05) is 17.0 Å². The number of nitriles is 1. The van der Waals surface area contributed by atoms with Crippen LogP contribution in [0.2, 0.25) is 0 Å². The van der Waals surface area contributed by atoms with E-state index >= 15 is 0 Å². The number of fused-ring (bicyclic) bond motifs is 1. The normalized spacial score (nSPS) is 17.5. The maximum Gasteiger partial charge on any atom is 0.409 e. The average Bonchev–Trinajstić information content (AvgIpc) is 3.42. The van der Waals surface area contributed by atoms with Crippen LogP contribution in [0.4, 0.5) is 4.79 Å². The molecule has 0 radical (unpaired) electrons. The van der Waals surface area contributed by atoms with Gasteiger partial charge in [-0.1, -0.05) is 31.5 Å². The number of aryl methyl sites for hydroxylation is 1. The lowest BCUT2D eigenvalue weighted by Gasteiger charge is -2.33. The molecule has 1 aromatic heterocycles. The van der Waals surface area contributed by atoms with Gasteiger partial charge in [0.25, 0.3) is 5.91 Å². The zero-order valence-corrected chi connectivity index (χ0v) is 23.9. The summed E-state index contributed by atoms with van der Waals surface area (Å²) in [5.41, 5.74) is 8.00. The van der Waals surface area contributed by atoms with Gasteiger partial charge in [-0.15, -0.1) is 0 Å². The average molecular weight is 552 g/mol. The van der Waals surface area contributed by atoms with Gasteiger partial charge in [0, 0.05) is 37.2 Å². The Balaban J connectivity index is 1.27. The topological polar surface area (TPSA) is 102 Å². The quantitative estimate of drug-likeness (QED) is 0.424. The molecule has 6 rings (SSSR count). The molecule has 8 heteroatoms. The van der Waals surface area contributed by atoms with Crippen molar-refractivity contribution in [3.63, 3.8) is 0 Å². The van der Waals surface area contributed by atoms with Gasteiger partial charge in [0.2, 0.25) is 0 Å². The molecule has 1 N–H and O–H groups in total. The summed E-state index contributed by atoms with van der Waals surface area (Å²) in [5.74, 6) is 1.76. The number of nitrogens with zero attached hydrogens (tertiary/aromatic N) is 4. The Morgan fingerprint density at radius 3 is 2.44 bits per heavy atom. The van der Waals surface area contributed by atoms with Crippen LogP contribution in [0.15, 0.2) is 36.4 Å².